The van der Waals surface area contributed by atoms with E-state index in [1.54, 1.807) is 0 Å². The Morgan fingerprint density at radius 2 is 1.57 bits per heavy atom. The van der Waals surface area contributed by atoms with E-state index in [9.17, 15) is 17.6 Å². The minimum absolute atomic E-state index is 0.00556. The Morgan fingerprint density at radius 3 is 2.14 bits per heavy atom. The number of nitrogens with zero attached hydrogens (tertiary/aromatic N) is 1. The third-order valence-corrected chi connectivity index (χ3v) is 7.55. The molecular weight excluding hydrogens is 486 g/mol. The molecule has 0 spiro atoms. The zero-order valence-corrected chi connectivity index (χ0v) is 21.0. The summed E-state index contributed by atoms with van der Waals surface area (Å²) in [5, 5.41) is 8.81. The summed E-state index contributed by atoms with van der Waals surface area (Å²) >= 11 is 0. The second-order valence-electron chi connectivity index (χ2n) is 10.1. The van der Waals surface area contributed by atoms with Crippen LogP contribution in [-0.4, -0.2) is 13.2 Å². The largest absolute Gasteiger partial charge is 0.432 e. The van der Waals surface area contributed by atoms with Crippen LogP contribution in [0.15, 0.2) is 36.4 Å². The van der Waals surface area contributed by atoms with Crippen molar-refractivity contribution in [1.82, 2.24) is 0 Å². The Balaban J connectivity index is 1.34. The first-order valence-corrected chi connectivity index (χ1v) is 13.1. The van der Waals surface area contributed by atoms with Gasteiger partial charge in [0.2, 0.25) is 0 Å². The number of halogens is 4. The highest BCUT2D eigenvalue weighted by Gasteiger charge is 2.42. The third-order valence-electron chi connectivity index (χ3n) is 7.55. The second kappa shape index (κ2) is 12.3. The zero-order valence-electron chi connectivity index (χ0n) is 21.0. The molecular formula is C29H33F4NO3. The van der Waals surface area contributed by atoms with Gasteiger partial charge in [0.25, 0.3) is 0 Å². The molecule has 0 radical (unpaired) electrons. The Kier molecular flexibility index (Phi) is 9.09. The molecule has 1 saturated heterocycles. The van der Waals surface area contributed by atoms with Crippen LogP contribution < -0.4 is 4.74 Å². The third kappa shape index (κ3) is 6.82. The number of nitriles is 1. The van der Waals surface area contributed by atoms with Gasteiger partial charge in [-0.3, -0.25) is 0 Å². The predicted molar refractivity (Wildman–Crippen MR) is 130 cm³/mol. The molecule has 37 heavy (non-hydrogen) atoms. The van der Waals surface area contributed by atoms with Gasteiger partial charge in [-0.2, -0.15) is 14.0 Å². The maximum atomic E-state index is 14.7. The smallest absolute Gasteiger partial charge is 0.429 e. The summed E-state index contributed by atoms with van der Waals surface area (Å²) in [7, 11) is 0. The van der Waals surface area contributed by atoms with Crippen molar-refractivity contribution in [3.63, 3.8) is 0 Å². The van der Waals surface area contributed by atoms with E-state index in [1.807, 2.05) is 6.07 Å². The van der Waals surface area contributed by atoms with E-state index in [2.05, 4.69) is 11.7 Å². The number of hydrogen-bond donors (Lipinski definition) is 0. The first kappa shape index (κ1) is 27.4. The van der Waals surface area contributed by atoms with Gasteiger partial charge in [0.15, 0.2) is 6.29 Å². The summed E-state index contributed by atoms with van der Waals surface area (Å²) in [6, 6.07) is 8.27. The number of unbranched alkanes of at least 4 members (excludes halogenated alkanes) is 2. The fraction of sp³-hybridized carbons (Fsp3) is 0.552. The Morgan fingerprint density at radius 1 is 0.946 bits per heavy atom. The molecule has 0 aromatic heterocycles. The number of rotatable bonds is 9. The van der Waals surface area contributed by atoms with Crippen LogP contribution in [0.25, 0.3) is 0 Å². The minimum atomic E-state index is -4.27. The molecule has 1 heterocycles. The predicted octanol–water partition coefficient (Wildman–Crippen LogP) is 8.01. The van der Waals surface area contributed by atoms with E-state index in [1.165, 1.54) is 50.7 Å². The van der Waals surface area contributed by atoms with Crippen molar-refractivity contribution in [3.8, 4) is 11.8 Å². The lowest BCUT2D eigenvalue weighted by Gasteiger charge is -2.38. The first-order chi connectivity index (χ1) is 17.8. The highest BCUT2D eigenvalue weighted by molar-refractivity contribution is 5.36. The molecule has 0 amide bonds. The van der Waals surface area contributed by atoms with Crippen LogP contribution in [0.4, 0.5) is 17.6 Å². The van der Waals surface area contributed by atoms with E-state index < -0.39 is 29.6 Å². The lowest BCUT2D eigenvalue weighted by Crippen LogP contribution is -2.34. The van der Waals surface area contributed by atoms with Crippen molar-refractivity contribution in [2.45, 2.75) is 70.7 Å². The SMILES string of the molecule is CCCCCC1CCC(C2COC(c3cc(F)c(C(F)(F)Oc4ccc(C#N)cc4)c(F)c3)OC2)CC1. The molecule has 4 rings (SSSR count). The van der Waals surface area contributed by atoms with Crippen molar-refractivity contribution >= 4 is 0 Å². The van der Waals surface area contributed by atoms with E-state index in [-0.39, 0.29) is 22.8 Å². The normalized spacial score (nSPS) is 24.4. The van der Waals surface area contributed by atoms with Crippen LogP contribution >= 0.6 is 0 Å². The molecule has 1 aliphatic carbocycles. The van der Waals surface area contributed by atoms with Crippen molar-refractivity contribution in [1.29, 1.82) is 5.26 Å². The molecule has 2 aromatic rings. The number of alkyl halides is 2. The van der Waals surface area contributed by atoms with E-state index >= 15 is 0 Å². The molecule has 1 saturated carbocycles. The summed E-state index contributed by atoms with van der Waals surface area (Å²) < 4.78 is 75.0. The summed E-state index contributed by atoms with van der Waals surface area (Å²) in [6.45, 7) is 3.02. The van der Waals surface area contributed by atoms with Gasteiger partial charge in [-0.25, -0.2) is 8.78 Å². The molecule has 0 atom stereocenters. The maximum Gasteiger partial charge on any atom is 0.432 e. The summed E-state index contributed by atoms with van der Waals surface area (Å²) in [6.07, 6.45) is 4.51. The van der Waals surface area contributed by atoms with Gasteiger partial charge in [-0.05, 0) is 61.1 Å². The van der Waals surface area contributed by atoms with E-state index in [0.717, 1.165) is 43.0 Å². The van der Waals surface area contributed by atoms with Gasteiger partial charge in [-0.1, -0.05) is 45.4 Å². The van der Waals surface area contributed by atoms with Gasteiger partial charge < -0.3 is 14.2 Å². The van der Waals surface area contributed by atoms with Gasteiger partial charge in [0.05, 0.1) is 24.8 Å². The molecule has 8 heteroatoms. The quantitative estimate of drug-likeness (QED) is 0.249. The fourth-order valence-corrected chi connectivity index (χ4v) is 5.42. The first-order valence-electron chi connectivity index (χ1n) is 13.1. The molecule has 200 valence electrons. The summed E-state index contributed by atoms with van der Waals surface area (Å²) in [4.78, 5) is 0. The molecule has 4 nitrogen and oxygen atoms in total. The van der Waals surface area contributed by atoms with Crippen LogP contribution in [0.3, 0.4) is 0 Å². The van der Waals surface area contributed by atoms with Crippen LogP contribution in [0.1, 0.15) is 81.3 Å². The van der Waals surface area contributed by atoms with E-state index in [0.29, 0.717) is 19.1 Å². The summed E-state index contributed by atoms with van der Waals surface area (Å²) in [5.74, 6) is -1.73. The number of ether oxygens (including phenoxy) is 3. The van der Waals surface area contributed by atoms with Crippen molar-refractivity contribution in [3.05, 3.63) is 64.7 Å². The summed E-state index contributed by atoms with van der Waals surface area (Å²) in [5.41, 5.74) is -1.25. The second-order valence-corrected chi connectivity index (χ2v) is 10.1. The number of hydrogen-bond acceptors (Lipinski definition) is 4. The molecule has 0 unspecified atom stereocenters. The van der Waals surface area contributed by atoms with Crippen molar-refractivity contribution in [2.75, 3.05) is 13.2 Å². The highest BCUT2D eigenvalue weighted by atomic mass is 19.3. The molecule has 2 aliphatic rings. The van der Waals surface area contributed by atoms with Crippen LogP contribution in [-0.2, 0) is 15.6 Å². The van der Waals surface area contributed by atoms with Crippen molar-refractivity contribution in [2.24, 2.45) is 17.8 Å². The standard InChI is InChI=1S/C29H33F4NO3/c1-2-3-4-5-19-6-10-21(11-7-19)23-17-35-28(36-18-23)22-14-25(30)27(26(31)15-22)29(32,33)37-24-12-8-20(16-34)9-13-24/h8-9,12-15,19,21,23,28H,2-7,10-11,17-18H2,1H3. The molecule has 0 N–H and O–H groups in total. The van der Waals surface area contributed by atoms with E-state index in [4.69, 9.17) is 14.7 Å². The van der Waals surface area contributed by atoms with Crippen LogP contribution in [0.5, 0.6) is 5.75 Å². The molecule has 1 aliphatic heterocycles. The minimum Gasteiger partial charge on any atom is -0.429 e. The average Bonchev–Trinajstić information content (AvgIpc) is 2.89. The molecule has 2 aromatic carbocycles. The fourth-order valence-electron chi connectivity index (χ4n) is 5.42. The lowest BCUT2D eigenvalue weighted by molar-refractivity contribution is -0.215. The maximum absolute atomic E-state index is 14.7. The van der Waals surface area contributed by atoms with Crippen LogP contribution in [0, 0.1) is 40.7 Å². The van der Waals surface area contributed by atoms with Gasteiger partial charge in [0.1, 0.15) is 22.9 Å². The highest BCUT2D eigenvalue weighted by Crippen LogP contribution is 2.40. The van der Waals surface area contributed by atoms with Gasteiger partial charge >= 0.3 is 6.11 Å². The zero-order chi connectivity index (χ0) is 26.4. The number of benzene rings is 2. The average molecular weight is 520 g/mol. The topological polar surface area (TPSA) is 51.5 Å². The Labute approximate surface area is 215 Å². The van der Waals surface area contributed by atoms with Crippen LogP contribution in [0.2, 0.25) is 0 Å². The van der Waals surface area contributed by atoms with Gasteiger partial charge in [-0.15, -0.1) is 0 Å². The monoisotopic (exact) mass is 519 g/mol. The Hall–Kier alpha value is -2.63. The van der Waals surface area contributed by atoms with Crippen molar-refractivity contribution < 1.29 is 31.8 Å². The molecule has 2 fully saturated rings. The molecule has 0 bridgehead atoms. The Bertz CT molecular complexity index is 1050. The lowest BCUT2D eigenvalue weighted by atomic mass is 9.74. The van der Waals surface area contributed by atoms with Gasteiger partial charge in [0, 0.05) is 11.5 Å².